The molecule has 3 amide bonds. The third kappa shape index (κ3) is 4.07. The van der Waals surface area contributed by atoms with Gasteiger partial charge in [0.25, 0.3) is 11.8 Å². The van der Waals surface area contributed by atoms with Crippen LogP contribution in [0.25, 0.3) is 5.82 Å². The SMILES string of the molecule is O=C(CN1C(=O)c2ccccc2C1=O)Nc1ccc(Oc2ccc(-n3cccc3)nn2)cc1. The lowest BCUT2D eigenvalue weighted by Gasteiger charge is -2.14. The lowest BCUT2D eigenvalue weighted by atomic mass is 10.1. The summed E-state index contributed by atoms with van der Waals surface area (Å²) in [5.74, 6) is 0.0783. The molecule has 0 atom stereocenters. The summed E-state index contributed by atoms with van der Waals surface area (Å²) < 4.78 is 7.52. The number of carbonyl (C=O) groups excluding carboxylic acids is 3. The molecule has 0 radical (unpaired) electrons. The molecule has 5 rings (SSSR count). The standard InChI is InChI=1S/C24H17N5O4/c30-21(15-29-23(31)18-5-1-2-6-19(18)24(29)32)25-16-7-9-17(10-8-16)33-22-12-11-20(26-27-22)28-13-3-4-14-28/h1-14H,15H2,(H,25,30). The normalized spacial score (nSPS) is 12.5. The summed E-state index contributed by atoms with van der Waals surface area (Å²) in [6.07, 6.45) is 3.73. The second-order valence-electron chi connectivity index (χ2n) is 7.24. The van der Waals surface area contributed by atoms with Gasteiger partial charge >= 0.3 is 0 Å². The van der Waals surface area contributed by atoms with E-state index in [9.17, 15) is 14.4 Å². The van der Waals surface area contributed by atoms with Gasteiger partial charge in [0.15, 0.2) is 5.82 Å². The molecular weight excluding hydrogens is 422 g/mol. The maximum atomic E-state index is 12.4. The largest absolute Gasteiger partial charge is 0.438 e. The Bertz CT molecular complexity index is 1300. The van der Waals surface area contributed by atoms with Crippen LogP contribution in [0.3, 0.4) is 0 Å². The number of ether oxygens (including phenoxy) is 1. The maximum Gasteiger partial charge on any atom is 0.262 e. The van der Waals surface area contributed by atoms with Crippen LogP contribution in [0, 0.1) is 0 Å². The van der Waals surface area contributed by atoms with E-state index in [1.165, 1.54) is 0 Å². The molecule has 0 saturated carbocycles. The summed E-state index contributed by atoms with van der Waals surface area (Å²) in [5, 5.41) is 10.9. The maximum absolute atomic E-state index is 12.4. The number of rotatable bonds is 6. The van der Waals surface area contributed by atoms with Gasteiger partial charge in [-0.05, 0) is 54.6 Å². The highest BCUT2D eigenvalue weighted by molar-refractivity contribution is 6.22. The van der Waals surface area contributed by atoms with Crippen LogP contribution in [-0.2, 0) is 4.79 Å². The molecule has 9 heteroatoms. The zero-order valence-electron chi connectivity index (χ0n) is 17.2. The topological polar surface area (TPSA) is 106 Å². The highest BCUT2D eigenvalue weighted by Crippen LogP contribution is 2.23. The molecule has 3 heterocycles. The van der Waals surface area contributed by atoms with E-state index in [1.807, 2.05) is 29.1 Å². The Hall–Kier alpha value is -4.79. The summed E-state index contributed by atoms with van der Waals surface area (Å²) >= 11 is 0. The quantitative estimate of drug-likeness (QED) is 0.462. The Morgan fingerprint density at radius 1 is 0.818 bits per heavy atom. The second-order valence-corrected chi connectivity index (χ2v) is 7.24. The van der Waals surface area contributed by atoms with Crippen LogP contribution in [0.2, 0.25) is 0 Å². The highest BCUT2D eigenvalue weighted by atomic mass is 16.5. The van der Waals surface area contributed by atoms with Gasteiger partial charge in [-0.1, -0.05) is 12.1 Å². The van der Waals surface area contributed by atoms with Crippen LogP contribution in [0.5, 0.6) is 11.6 Å². The first kappa shape index (κ1) is 20.1. The van der Waals surface area contributed by atoms with Crippen LogP contribution in [0.1, 0.15) is 20.7 Å². The Morgan fingerprint density at radius 2 is 1.48 bits per heavy atom. The molecule has 2 aromatic heterocycles. The fourth-order valence-corrected chi connectivity index (χ4v) is 3.45. The third-order valence-electron chi connectivity index (χ3n) is 5.04. The average molecular weight is 439 g/mol. The molecule has 0 unspecified atom stereocenters. The van der Waals surface area contributed by atoms with Crippen molar-refractivity contribution in [1.82, 2.24) is 19.7 Å². The van der Waals surface area contributed by atoms with E-state index in [1.54, 1.807) is 60.7 Å². The summed E-state index contributed by atoms with van der Waals surface area (Å²) in [5.41, 5.74) is 1.11. The number of imide groups is 1. The molecule has 162 valence electrons. The van der Waals surface area contributed by atoms with Crippen LogP contribution in [0.4, 0.5) is 5.69 Å². The van der Waals surface area contributed by atoms with Crippen molar-refractivity contribution in [3.05, 3.63) is 96.3 Å². The molecule has 0 aliphatic carbocycles. The van der Waals surface area contributed by atoms with Gasteiger partial charge in [-0.15, -0.1) is 10.2 Å². The van der Waals surface area contributed by atoms with E-state index >= 15 is 0 Å². The fourth-order valence-electron chi connectivity index (χ4n) is 3.45. The number of hydrogen-bond donors (Lipinski definition) is 1. The number of nitrogens with zero attached hydrogens (tertiary/aromatic N) is 4. The molecule has 0 saturated heterocycles. The zero-order chi connectivity index (χ0) is 22.8. The molecule has 0 bridgehead atoms. The summed E-state index contributed by atoms with van der Waals surface area (Å²) in [7, 11) is 0. The minimum atomic E-state index is -0.482. The fraction of sp³-hybridized carbons (Fsp3) is 0.0417. The van der Waals surface area contributed by atoms with Gasteiger partial charge in [0.05, 0.1) is 11.1 Å². The second kappa shape index (κ2) is 8.39. The number of benzene rings is 2. The first-order valence-electron chi connectivity index (χ1n) is 10.1. The Labute approximate surface area is 188 Å². The number of anilines is 1. The van der Waals surface area contributed by atoms with Gasteiger partial charge in [0.2, 0.25) is 11.8 Å². The molecule has 1 aliphatic rings. The van der Waals surface area contributed by atoms with E-state index in [4.69, 9.17) is 4.74 Å². The zero-order valence-corrected chi connectivity index (χ0v) is 17.2. The molecule has 2 aromatic carbocycles. The molecule has 0 fully saturated rings. The van der Waals surface area contributed by atoms with Crippen LogP contribution >= 0.6 is 0 Å². The van der Waals surface area contributed by atoms with Crippen LogP contribution in [0.15, 0.2) is 85.2 Å². The third-order valence-corrected chi connectivity index (χ3v) is 5.04. The van der Waals surface area contributed by atoms with E-state index < -0.39 is 17.7 Å². The summed E-state index contributed by atoms with van der Waals surface area (Å²) in [6, 6.07) is 20.4. The summed E-state index contributed by atoms with van der Waals surface area (Å²) in [4.78, 5) is 38.1. The predicted molar refractivity (Wildman–Crippen MR) is 118 cm³/mol. The van der Waals surface area contributed by atoms with Crippen LogP contribution < -0.4 is 10.1 Å². The molecule has 1 N–H and O–H groups in total. The smallest absolute Gasteiger partial charge is 0.262 e. The highest BCUT2D eigenvalue weighted by Gasteiger charge is 2.36. The number of amides is 3. The molecule has 9 nitrogen and oxygen atoms in total. The van der Waals surface area contributed by atoms with E-state index in [0.717, 1.165) is 4.90 Å². The van der Waals surface area contributed by atoms with Gasteiger partial charge in [0.1, 0.15) is 12.3 Å². The van der Waals surface area contributed by atoms with Crippen molar-refractivity contribution in [2.45, 2.75) is 0 Å². The van der Waals surface area contributed by atoms with Gasteiger partial charge in [-0.25, -0.2) is 0 Å². The van der Waals surface area contributed by atoms with Gasteiger partial charge in [-0.2, -0.15) is 0 Å². The van der Waals surface area contributed by atoms with Gasteiger partial charge in [0, 0.05) is 24.1 Å². The van der Waals surface area contributed by atoms with Crippen LogP contribution in [-0.4, -0.2) is 43.9 Å². The molecule has 4 aromatic rings. The van der Waals surface area contributed by atoms with E-state index in [-0.39, 0.29) is 6.54 Å². The Kier molecular flexibility index (Phi) is 5.12. The first-order chi connectivity index (χ1) is 16.1. The Morgan fingerprint density at radius 3 is 2.09 bits per heavy atom. The van der Waals surface area contributed by atoms with Crippen molar-refractivity contribution in [3.63, 3.8) is 0 Å². The van der Waals surface area contributed by atoms with Crippen molar-refractivity contribution >= 4 is 23.4 Å². The number of hydrogen-bond acceptors (Lipinski definition) is 6. The molecule has 0 spiro atoms. The average Bonchev–Trinajstić information content (AvgIpc) is 3.45. The van der Waals surface area contributed by atoms with Gasteiger partial charge in [-0.3, -0.25) is 19.3 Å². The first-order valence-corrected chi connectivity index (χ1v) is 10.1. The summed E-state index contributed by atoms with van der Waals surface area (Å²) in [6.45, 7) is -0.367. The minimum Gasteiger partial charge on any atom is -0.438 e. The number of nitrogens with one attached hydrogen (secondary N) is 1. The number of carbonyl (C=O) groups is 3. The van der Waals surface area contributed by atoms with Crippen molar-refractivity contribution in [2.75, 3.05) is 11.9 Å². The lowest BCUT2D eigenvalue weighted by molar-refractivity contribution is -0.116. The number of aromatic nitrogens is 3. The van der Waals surface area contributed by atoms with Gasteiger partial charge < -0.3 is 14.6 Å². The monoisotopic (exact) mass is 439 g/mol. The lowest BCUT2D eigenvalue weighted by Crippen LogP contribution is -2.37. The van der Waals surface area contributed by atoms with Crippen molar-refractivity contribution in [1.29, 1.82) is 0 Å². The van der Waals surface area contributed by atoms with E-state index in [2.05, 4.69) is 15.5 Å². The van der Waals surface area contributed by atoms with E-state index in [0.29, 0.717) is 34.3 Å². The van der Waals surface area contributed by atoms with Crippen molar-refractivity contribution < 1.29 is 19.1 Å². The molecular formula is C24H17N5O4. The predicted octanol–water partition coefficient (Wildman–Crippen LogP) is 3.29. The van der Waals surface area contributed by atoms with Crippen molar-refractivity contribution in [2.24, 2.45) is 0 Å². The Balaban J connectivity index is 1.18. The number of fused-ring (bicyclic) bond motifs is 1. The van der Waals surface area contributed by atoms with Crippen molar-refractivity contribution in [3.8, 4) is 17.4 Å². The molecule has 33 heavy (non-hydrogen) atoms. The minimum absolute atomic E-state index is 0.307. The molecule has 1 aliphatic heterocycles.